The fourth-order valence-corrected chi connectivity index (χ4v) is 6.59. The molecule has 0 saturated carbocycles. The van der Waals surface area contributed by atoms with Crippen LogP contribution in [-0.2, 0) is 91.1 Å². The van der Waals surface area contributed by atoms with Crippen molar-refractivity contribution in [3.63, 3.8) is 0 Å². The zero-order valence-electron chi connectivity index (χ0n) is 32.6. The van der Waals surface area contributed by atoms with Gasteiger partial charge in [-0.2, -0.15) is 0 Å². The number of hydrogen-bond acceptors (Lipinski definition) is 15. The molecule has 3 aromatic carbocycles. The first-order valence-electron chi connectivity index (χ1n) is 18.6. The van der Waals surface area contributed by atoms with E-state index in [-0.39, 0.29) is 26.4 Å². The van der Waals surface area contributed by atoms with E-state index in [9.17, 15) is 19.2 Å². The molecule has 0 bridgehead atoms. The van der Waals surface area contributed by atoms with E-state index in [1.165, 1.54) is 21.0 Å². The molecule has 308 valence electrons. The minimum atomic E-state index is -1.39. The van der Waals surface area contributed by atoms with Crippen LogP contribution < -0.4 is 0 Å². The number of esters is 4. The summed E-state index contributed by atoms with van der Waals surface area (Å²) in [5.74, 6) is -2.86. The number of methoxy groups -OCH3 is 1. The number of carbonyl (C=O) groups excluding carboxylic acids is 4. The first kappa shape index (κ1) is 43.4. The molecule has 3 aromatic rings. The summed E-state index contributed by atoms with van der Waals surface area (Å²) in [6.07, 6.45) is -10.9. The summed E-state index contributed by atoms with van der Waals surface area (Å²) in [6.45, 7) is 4.57. The van der Waals surface area contributed by atoms with Crippen LogP contribution in [0, 0.1) is 0 Å². The molecule has 0 spiro atoms. The maximum Gasteiger partial charge on any atom is 0.303 e. The molecule has 2 saturated heterocycles. The molecule has 2 heterocycles. The van der Waals surface area contributed by atoms with Crippen molar-refractivity contribution in [2.24, 2.45) is 0 Å². The van der Waals surface area contributed by atoms with Gasteiger partial charge in [0.25, 0.3) is 0 Å². The zero-order chi connectivity index (χ0) is 40.7. The van der Waals surface area contributed by atoms with Gasteiger partial charge in [-0.05, 0) is 16.7 Å². The molecule has 15 heteroatoms. The summed E-state index contributed by atoms with van der Waals surface area (Å²) in [5, 5.41) is 0. The molecule has 2 aliphatic rings. The predicted octanol–water partition coefficient (Wildman–Crippen LogP) is 4.21. The van der Waals surface area contributed by atoms with Crippen molar-refractivity contribution in [2.75, 3.05) is 20.3 Å². The van der Waals surface area contributed by atoms with Crippen LogP contribution in [0.2, 0.25) is 0 Å². The molecule has 57 heavy (non-hydrogen) atoms. The monoisotopic (exact) mass is 794 g/mol. The van der Waals surface area contributed by atoms with Crippen molar-refractivity contribution in [2.45, 2.75) is 109 Å². The van der Waals surface area contributed by atoms with Gasteiger partial charge >= 0.3 is 23.9 Å². The highest BCUT2D eigenvalue weighted by Crippen LogP contribution is 2.35. The standard InChI is InChI=1S/C42H50O15/c1-26(43)48-24-34(53-27(2)44)36-38(54-28(3)45)40(55-29(4)46)42(57-36)52-25-33-35(49-21-30-15-9-6-10-16-30)37(50-22-31-17-11-7-12-18-31)39(41(47-5)56-33)51-23-32-19-13-8-14-20-32/h6-20,33-42H,21-25H2,1-5H3/t33-,34+,35-,36+,37+,38+,39+,40-,41+,42-/m1/s1. The molecule has 0 unspecified atom stereocenters. The smallest absolute Gasteiger partial charge is 0.303 e. The Morgan fingerprint density at radius 3 is 1.51 bits per heavy atom. The van der Waals surface area contributed by atoms with Crippen molar-refractivity contribution in [3.8, 4) is 0 Å². The zero-order valence-corrected chi connectivity index (χ0v) is 32.6. The van der Waals surface area contributed by atoms with E-state index in [1.807, 2.05) is 91.0 Å². The second-order valence-electron chi connectivity index (χ2n) is 13.5. The Labute approximate surface area is 331 Å². The number of benzene rings is 3. The average Bonchev–Trinajstić information content (AvgIpc) is 3.51. The average molecular weight is 795 g/mol. The third kappa shape index (κ3) is 12.9. The van der Waals surface area contributed by atoms with E-state index >= 15 is 0 Å². The van der Waals surface area contributed by atoms with Crippen molar-refractivity contribution < 1.29 is 71.3 Å². The van der Waals surface area contributed by atoms with Gasteiger partial charge in [0.1, 0.15) is 37.1 Å². The van der Waals surface area contributed by atoms with Crippen LogP contribution in [0.25, 0.3) is 0 Å². The van der Waals surface area contributed by atoms with Crippen LogP contribution in [0.5, 0.6) is 0 Å². The van der Waals surface area contributed by atoms with Crippen molar-refractivity contribution >= 4 is 23.9 Å². The number of hydrogen-bond donors (Lipinski definition) is 0. The Morgan fingerprint density at radius 2 is 1.04 bits per heavy atom. The number of carbonyl (C=O) groups is 4. The SMILES string of the molecule is CO[C@H]1O[C@H](CO[C@@H]2O[C@@H]([C@H](COC(C)=O)OC(C)=O)[C@H](OC(C)=O)[C@H]2OC(C)=O)[C@@H](OCc2ccccc2)[C@H](OCc2ccccc2)[C@@H]1OCc1ccccc1. The van der Waals surface area contributed by atoms with Crippen LogP contribution in [0.15, 0.2) is 91.0 Å². The van der Waals surface area contributed by atoms with Gasteiger partial charge in [0.15, 0.2) is 30.9 Å². The predicted molar refractivity (Wildman–Crippen MR) is 199 cm³/mol. The summed E-state index contributed by atoms with van der Waals surface area (Å²) >= 11 is 0. The lowest BCUT2D eigenvalue weighted by molar-refractivity contribution is -0.328. The van der Waals surface area contributed by atoms with Crippen LogP contribution >= 0.6 is 0 Å². The van der Waals surface area contributed by atoms with Crippen molar-refractivity contribution in [3.05, 3.63) is 108 Å². The first-order chi connectivity index (χ1) is 27.5. The Kier molecular flexibility index (Phi) is 16.5. The van der Waals surface area contributed by atoms with Gasteiger partial charge in [0.05, 0.1) is 26.4 Å². The van der Waals surface area contributed by atoms with Crippen LogP contribution in [0.1, 0.15) is 44.4 Å². The molecule has 2 aliphatic heterocycles. The molecule has 0 aromatic heterocycles. The van der Waals surface area contributed by atoms with E-state index in [2.05, 4.69) is 0 Å². The highest BCUT2D eigenvalue weighted by molar-refractivity contribution is 5.68. The summed E-state index contributed by atoms with van der Waals surface area (Å²) in [4.78, 5) is 48.6. The quantitative estimate of drug-likeness (QED) is 0.125. The van der Waals surface area contributed by atoms with Crippen LogP contribution in [0.4, 0.5) is 0 Å². The number of ether oxygens (including phenoxy) is 11. The van der Waals surface area contributed by atoms with Gasteiger partial charge in [-0.3, -0.25) is 19.2 Å². The Bertz CT molecular complexity index is 1710. The van der Waals surface area contributed by atoms with Crippen molar-refractivity contribution in [1.29, 1.82) is 0 Å². The summed E-state index contributed by atoms with van der Waals surface area (Å²) in [5.41, 5.74) is 2.73. The largest absolute Gasteiger partial charge is 0.462 e. The van der Waals surface area contributed by atoms with Gasteiger partial charge in [-0.25, -0.2) is 0 Å². The topological polar surface area (TPSA) is 170 Å². The molecule has 15 nitrogen and oxygen atoms in total. The number of rotatable bonds is 19. The Hall–Kier alpha value is -4.74. The second-order valence-corrected chi connectivity index (χ2v) is 13.5. The van der Waals surface area contributed by atoms with E-state index in [0.29, 0.717) is 0 Å². The van der Waals surface area contributed by atoms with Gasteiger partial charge in [-0.1, -0.05) is 91.0 Å². The first-order valence-corrected chi connectivity index (χ1v) is 18.6. The van der Waals surface area contributed by atoms with Crippen LogP contribution in [0.3, 0.4) is 0 Å². The Morgan fingerprint density at radius 1 is 0.544 bits per heavy atom. The molecule has 0 amide bonds. The summed E-state index contributed by atoms with van der Waals surface area (Å²) in [6, 6.07) is 28.9. The van der Waals surface area contributed by atoms with E-state index in [0.717, 1.165) is 30.5 Å². The molecule has 10 atom stereocenters. The van der Waals surface area contributed by atoms with E-state index in [1.54, 1.807) is 0 Å². The van der Waals surface area contributed by atoms with Crippen LogP contribution in [-0.4, -0.2) is 106 Å². The Balaban J connectivity index is 1.46. The highest BCUT2D eigenvalue weighted by atomic mass is 16.8. The third-order valence-corrected chi connectivity index (χ3v) is 9.05. The normalized spacial score (nSPS) is 26.2. The van der Waals surface area contributed by atoms with Crippen molar-refractivity contribution in [1.82, 2.24) is 0 Å². The van der Waals surface area contributed by atoms with Gasteiger partial charge in [0, 0.05) is 34.8 Å². The molecule has 0 aliphatic carbocycles. The summed E-state index contributed by atoms with van der Waals surface area (Å²) < 4.78 is 66.5. The minimum absolute atomic E-state index is 0.173. The van der Waals surface area contributed by atoms with E-state index in [4.69, 9.17) is 52.1 Å². The molecular formula is C42H50O15. The third-order valence-electron chi connectivity index (χ3n) is 9.05. The van der Waals surface area contributed by atoms with E-state index < -0.39 is 91.9 Å². The maximum atomic E-state index is 12.4. The van der Waals surface area contributed by atoms with Gasteiger partial charge < -0.3 is 52.1 Å². The maximum absolute atomic E-state index is 12.4. The second kappa shape index (κ2) is 21.7. The lowest BCUT2D eigenvalue weighted by atomic mass is 9.97. The minimum Gasteiger partial charge on any atom is -0.462 e. The van der Waals surface area contributed by atoms with Gasteiger partial charge in [0.2, 0.25) is 0 Å². The molecule has 2 fully saturated rings. The lowest BCUT2D eigenvalue weighted by Gasteiger charge is -2.45. The molecular weight excluding hydrogens is 744 g/mol. The highest BCUT2D eigenvalue weighted by Gasteiger charge is 2.55. The fourth-order valence-electron chi connectivity index (χ4n) is 6.59. The fraction of sp³-hybridized carbons (Fsp3) is 0.476. The molecule has 0 radical (unpaired) electrons. The lowest BCUT2D eigenvalue weighted by Crippen LogP contribution is -2.61. The molecule has 5 rings (SSSR count). The van der Waals surface area contributed by atoms with Gasteiger partial charge in [-0.15, -0.1) is 0 Å². The molecule has 0 N–H and O–H groups in total. The summed E-state index contributed by atoms with van der Waals surface area (Å²) in [7, 11) is 1.49.